The normalized spacial score (nSPS) is 15.2. The molecule has 2 heterocycles. The van der Waals surface area contributed by atoms with Gasteiger partial charge in [0.15, 0.2) is 5.58 Å². The van der Waals surface area contributed by atoms with Gasteiger partial charge in [-0.1, -0.05) is 24.3 Å². The van der Waals surface area contributed by atoms with E-state index in [-0.39, 0.29) is 0 Å². The van der Waals surface area contributed by atoms with Crippen LogP contribution in [0.25, 0.3) is 11.0 Å². The smallest absolute Gasteiger partial charge is 0.158 e. The molecule has 3 aromatic rings. The van der Waals surface area contributed by atoms with E-state index in [1.54, 1.807) is 0 Å². The van der Waals surface area contributed by atoms with Crippen molar-refractivity contribution in [1.82, 2.24) is 4.90 Å². The Bertz CT molecular complexity index is 957. The molecule has 0 aliphatic carbocycles. The zero-order valence-electron chi connectivity index (χ0n) is 16.3. The Morgan fingerprint density at radius 1 is 0.885 bits per heavy atom. The highest BCUT2D eigenvalue weighted by molar-refractivity contribution is 5.96. The van der Waals surface area contributed by atoms with Gasteiger partial charge in [0.2, 0.25) is 0 Å². The van der Waals surface area contributed by atoms with Gasteiger partial charge in [0.25, 0.3) is 0 Å². The summed E-state index contributed by atoms with van der Waals surface area (Å²) < 4.78 is 6.30. The summed E-state index contributed by atoms with van der Waals surface area (Å²) in [4.78, 5) is 2.51. The van der Waals surface area contributed by atoms with Crippen molar-refractivity contribution in [2.45, 2.75) is 47.1 Å². The Kier molecular flexibility index (Phi) is 4.28. The van der Waals surface area contributed by atoms with Crippen LogP contribution in [-0.4, -0.2) is 18.0 Å². The molecule has 26 heavy (non-hydrogen) atoms. The van der Waals surface area contributed by atoms with Crippen molar-refractivity contribution in [3.63, 3.8) is 0 Å². The first kappa shape index (κ1) is 17.2. The molecule has 0 saturated carbocycles. The summed E-state index contributed by atoms with van der Waals surface area (Å²) in [7, 11) is 0. The maximum atomic E-state index is 6.38. The SMILES string of the molecule is Cc1c(C)c(C)c2c(C)c(CN3CCc4ccccc4CC3)oc2c1N. The van der Waals surface area contributed by atoms with Crippen molar-refractivity contribution < 1.29 is 4.42 Å². The Balaban J connectivity index is 1.65. The maximum Gasteiger partial charge on any atom is 0.158 e. The van der Waals surface area contributed by atoms with Crippen LogP contribution >= 0.6 is 0 Å². The molecule has 3 nitrogen and oxygen atoms in total. The zero-order valence-corrected chi connectivity index (χ0v) is 16.3. The standard InChI is InChI=1S/C23H28N2O/c1-14-15(2)21-17(4)20(26-23(21)22(24)16(14)3)13-25-11-9-18-7-5-6-8-19(18)10-12-25/h5-8H,9-13,24H2,1-4H3. The molecule has 2 aromatic carbocycles. The van der Waals surface area contributed by atoms with Crippen molar-refractivity contribution in [3.05, 3.63) is 63.4 Å². The Hall–Kier alpha value is -2.26. The number of nitrogen functional groups attached to an aromatic ring is 1. The van der Waals surface area contributed by atoms with Crippen molar-refractivity contribution in [2.24, 2.45) is 0 Å². The molecule has 3 heteroatoms. The van der Waals surface area contributed by atoms with Gasteiger partial charge >= 0.3 is 0 Å². The third-order valence-electron chi connectivity index (χ3n) is 6.27. The number of benzene rings is 2. The molecular weight excluding hydrogens is 320 g/mol. The van der Waals surface area contributed by atoms with Crippen molar-refractivity contribution >= 4 is 16.7 Å². The average Bonchev–Trinajstić information content (AvgIpc) is 2.84. The first-order valence-electron chi connectivity index (χ1n) is 9.53. The molecule has 0 spiro atoms. The van der Waals surface area contributed by atoms with Crippen molar-refractivity contribution in [2.75, 3.05) is 18.8 Å². The molecule has 0 saturated heterocycles. The number of nitrogens with zero attached hydrogens (tertiary/aromatic N) is 1. The lowest BCUT2D eigenvalue weighted by Crippen LogP contribution is -2.26. The van der Waals surface area contributed by atoms with Crippen LogP contribution in [-0.2, 0) is 19.4 Å². The lowest BCUT2D eigenvalue weighted by Gasteiger charge is -2.18. The van der Waals surface area contributed by atoms with Crippen molar-refractivity contribution in [3.8, 4) is 0 Å². The van der Waals surface area contributed by atoms with Gasteiger partial charge in [-0.15, -0.1) is 0 Å². The fourth-order valence-electron chi connectivity index (χ4n) is 4.27. The first-order chi connectivity index (χ1) is 12.5. The van der Waals surface area contributed by atoms with E-state index in [9.17, 15) is 0 Å². The molecule has 1 aliphatic rings. The Morgan fingerprint density at radius 3 is 2.12 bits per heavy atom. The predicted molar refractivity (Wildman–Crippen MR) is 109 cm³/mol. The summed E-state index contributed by atoms with van der Waals surface area (Å²) in [6.45, 7) is 11.6. The van der Waals surface area contributed by atoms with Crippen LogP contribution in [0.4, 0.5) is 5.69 Å². The molecule has 4 rings (SSSR count). The summed E-state index contributed by atoms with van der Waals surface area (Å²) in [5.74, 6) is 1.06. The summed E-state index contributed by atoms with van der Waals surface area (Å²) >= 11 is 0. The number of anilines is 1. The van der Waals surface area contributed by atoms with Crippen LogP contribution in [0.3, 0.4) is 0 Å². The first-order valence-corrected chi connectivity index (χ1v) is 9.53. The molecule has 2 N–H and O–H groups in total. The van der Waals surface area contributed by atoms with Crippen LogP contribution in [0, 0.1) is 27.7 Å². The van der Waals surface area contributed by atoms with E-state index in [2.05, 4.69) is 56.9 Å². The van der Waals surface area contributed by atoms with Gasteiger partial charge in [-0.25, -0.2) is 0 Å². The summed E-state index contributed by atoms with van der Waals surface area (Å²) in [5, 5.41) is 1.21. The van der Waals surface area contributed by atoms with Gasteiger partial charge in [0.1, 0.15) is 5.76 Å². The lowest BCUT2D eigenvalue weighted by atomic mass is 9.96. The van der Waals surface area contributed by atoms with Crippen LogP contribution in [0.1, 0.15) is 39.1 Å². The predicted octanol–water partition coefficient (Wildman–Crippen LogP) is 4.85. The molecule has 0 bridgehead atoms. The lowest BCUT2D eigenvalue weighted by molar-refractivity contribution is 0.257. The topological polar surface area (TPSA) is 42.4 Å². The van der Waals surface area contributed by atoms with E-state index < -0.39 is 0 Å². The number of fused-ring (bicyclic) bond motifs is 2. The monoisotopic (exact) mass is 348 g/mol. The minimum Gasteiger partial charge on any atom is -0.457 e. The second-order valence-corrected chi connectivity index (χ2v) is 7.69. The zero-order chi connectivity index (χ0) is 18.4. The highest BCUT2D eigenvalue weighted by Crippen LogP contribution is 2.37. The van der Waals surface area contributed by atoms with Crippen LogP contribution < -0.4 is 5.73 Å². The number of aryl methyl sites for hydroxylation is 2. The summed E-state index contributed by atoms with van der Waals surface area (Å²) in [6.07, 6.45) is 2.21. The van der Waals surface area contributed by atoms with E-state index in [1.165, 1.54) is 33.2 Å². The number of nitrogens with two attached hydrogens (primary N) is 1. The minimum absolute atomic E-state index is 0.792. The third-order valence-corrected chi connectivity index (χ3v) is 6.27. The molecule has 136 valence electrons. The fraction of sp³-hybridized carbons (Fsp3) is 0.391. The number of hydrogen-bond acceptors (Lipinski definition) is 3. The van der Waals surface area contributed by atoms with Gasteiger partial charge in [0, 0.05) is 24.0 Å². The van der Waals surface area contributed by atoms with Gasteiger partial charge in [0.05, 0.1) is 12.2 Å². The summed E-state index contributed by atoms with van der Waals surface area (Å²) in [6, 6.07) is 8.82. The van der Waals surface area contributed by atoms with Crippen LogP contribution in [0.2, 0.25) is 0 Å². The Labute approximate surface area is 155 Å². The van der Waals surface area contributed by atoms with Gasteiger partial charge in [-0.3, -0.25) is 4.90 Å². The van der Waals surface area contributed by atoms with E-state index in [0.717, 1.165) is 55.1 Å². The van der Waals surface area contributed by atoms with Gasteiger partial charge in [-0.2, -0.15) is 0 Å². The molecule has 0 unspecified atom stereocenters. The van der Waals surface area contributed by atoms with E-state index >= 15 is 0 Å². The third kappa shape index (κ3) is 2.71. The molecule has 0 radical (unpaired) electrons. The van der Waals surface area contributed by atoms with E-state index in [1.807, 2.05) is 0 Å². The molecule has 0 atom stereocenters. The fourth-order valence-corrected chi connectivity index (χ4v) is 4.27. The molecule has 0 amide bonds. The van der Waals surface area contributed by atoms with E-state index in [0.29, 0.717) is 0 Å². The highest BCUT2D eigenvalue weighted by atomic mass is 16.3. The molecule has 1 aliphatic heterocycles. The largest absolute Gasteiger partial charge is 0.457 e. The van der Waals surface area contributed by atoms with Crippen LogP contribution in [0.5, 0.6) is 0 Å². The maximum absolute atomic E-state index is 6.38. The average molecular weight is 348 g/mol. The second kappa shape index (κ2) is 6.48. The summed E-state index contributed by atoms with van der Waals surface area (Å²) in [5.41, 5.74) is 16.0. The molecule has 0 fully saturated rings. The van der Waals surface area contributed by atoms with Gasteiger partial charge in [-0.05, 0) is 68.4 Å². The number of hydrogen-bond donors (Lipinski definition) is 1. The van der Waals surface area contributed by atoms with E-state index in [4.69, 9.17) is 10.2 Å². The molecular formula is C23H28N2O. The molecule has 1 aromatic heterocycles. The van der Waals surface area contributed by atoms with Crippen molar-refractivity contribution in [1.29, 1.82) is 0 Å². The van der Waals surface area contributed by atoms with Gasteiger partial charge < -0.3 is 10.2 Å². The second-order valence-electron chi connectivity index (χ2n) is 7.69. The quantitative estimate of drug-likeness (QED) is 0.673. The number of rotatable bonds is 2. The number of furan rings is 1. The van der Waals surface area contributed by atoms with Crippen LogP contribution in [0.15, 0.2) is 28.7 Å². The highest BCUT2D eigenvalue weighted by Gasteiger charge is 2.21. The Morgan fingerprint density at radius 2 is 1.50 bits per heavy atom. The minimum atomic E-state index is 0.792.